The normalized spacial score (nSPS) is 11.5. The Morgan fingerprint density at radius 2 is 2.24 bits per heavy atom. The van der Waals surface area contributed by atoms with Crippen molar-refractivity contribution >= 4 is 28.8 Å². The van der Waals surface area contributed by atoms with Crippen LogP contribution < -0.4 is 5.32 Å². The van der Waals surface area contributed by atoms with Crippen LogP contribution in [0.3, 0.4) is 0 Å². The van der Waals surface area contributed by atoms with Crippen molar-refractivity contribution in [1.29, 1.82) is 0 Å². The molecule has 0 atom stereocenters. The predicted molar refractivity (Wildman–Crippen MR) is 72.9 cm³/mol. The standard InChI is InChI=1S/C12H14ClN3S/c1-12(2,9-4-3-5-17-9)8-15-11-7-14-6-10(13)16-11/h3-7H,8H2,1-2H3,(H,15,16). The summed E-state index contributed by atoms with van der Waals surface area (Å²) in [4.78, 5) is 9.49. The van der Waals surface area contributed by atoms with Crippen molar-refractivity contribution in [2.45, 2.75) is 19.3 Å². The maximum Gasteiger partial charge on any atom is 0.149 e. The maximum atomic E-state index is 5.78. The fraction of sp³-hybridized carbons (Fsp3) is 0.333. The number of thiophene rings is 1. The van der Waals surface area contributed by atoms with Gasteiger partial charge in [0.1, 0.15) is 11.0 Å². The van der Waals surface area contributed by atoms with Crippen molar-refractivity contribution in [2.75, 3.05) is 11.9 Å². The van der Waals surface area contributed by atoms with Gasteiger partial charge in [0.05, 0.1) is 12.4 Å². The van der Waals surface area contributed by atoms with E-state index in [4.69, 9.17) is 11.6 Å². The second-order valence-electron chi connectivity index (χ2n) is 4.44. The van der Waals surface area contributed by atoms with Gasteiger partial charge in [0.15, 0.2) is 0 Å². The summed E-state index contributed by atoms with van der Waals surface area (Å²) in [5.74, 6) is 0.710. The van der Waals surface area contributed by atoms with Gasteiger partial charge in [-0.15, -0.1) is 11.3 Å². The third kappa shape index (κ3) is 3.17. The van der Waals surface area contributed by atoms with Gasteiger partial charge in [-0.1, -0.05) is 31.5 Å². The van der Waals surface area contributed by atoms with Crippen LogP contribution in [-0.2, 0) is 5.41 Å². The lowest BCUT2D eigenvalue weighted by atomic mass is 9.91. The van der Waals surface area contributed by atoms with E-state index in [0.717, 1.165) is 6.54 Å². The highest BCUT2D eigenvalue weighted by Gasteiger charge is 2.21. The van der Waals surface area contributed by atoms with Gasteiger partial charge in [-0.25, -0.2) is 4.98 Å². The van der Waals surface area contributed by atoms with Gasteiger partial charge < -0.3 is 5.32 Å². The van der Waals surface area contributed by atoms with E-state index in [2.05, 4.69) is 46.6 Å². The van der Waals surface area contributed by atoms with Gasteiger partial charge in [-0.05, 0) is 11.4 Å². The van der Waals surface area contributed by atoms with Gasteiger partial charge in [-0.3, -0.25) is 4.98 Å². The van der Waals surface area contributed by atoms with E-state index in [9.17, 15) is 0 Å². The van der Waals surface area contributed by atoms with E-state index < -0.39 is 0 Å². The molecule has 0 aromatic carbocycles. The number of hydrogen-bond donors (Lipinski definition) is 1. The highest BCUT2D eigenvalue weighted by Crippen LogP contribution is 2.27. The fourth-order valence-electron chi connectivity index (χ4n) is 1.49. The number of hydrogen-bond acceptors (Lipinski definition) is 4. The van der Waals surface area contributed by atoms with E-state index in [-0.39, 0.29) is 5.41 Å². The quantitative estimate of drug-likeness (QED) is 0.920. The molecule has 2 aromatic heterocycles. The van der Waals surface area contributed by atoms with Crippen LogP contribution in [-0.4, -0.2) is 16.5 Å². The monoisotopic (exact) mass is 267 g/mol. The lowest BCUT2D eigenvalue weighted by Crippen LogP contribution is -2.26. The van der Waals surface area contributed by atoms with Crippen molar-refractivity contribution in [2.24, 2.45) is 0 Å². The molecule has 2 rings (SSSR count). The van der Waals surface area contributed by atoms with Crippen LogP contribution in [0.15, 0.2) is 29.9 Å². The zero-order chi connectivity index (χ0) is 12.3. The summed E-state index contributed by atoms with van der Waals surface area (Å²) in [6.07, 6.45) is 3.20. The minimum Gasteiger partial charge on any atom is -0.368 e. The van der Waals surface area contributed by atoms with Crippen LogP contribution in [0.5, 0.6) is 0 Å². The van der Waals surface area contributed by atoms with Crippen molar-refractivity contribution in [3.8, 4) is 0 Å². The molecule has 0 aliphatic heterocycles. The molecule has 2 aromatic rings. The number of rotatable bonds is 4. The van der Waals surface area contributed by atoms with Crippen LogP contribution in [0.25, 0.3) is 0 Å². The average molecular weight is 268 g/mol. The summed E-state index contributed by atoms with van der Waals surface area (Å²) in [7, 11) is 0. The zero-order valence-corrected chi connectivity index (χ0v) is 11.3. The van der Waals surface area contributed by atoms with Gasteiger partial charge in [0.25, 0.3) is 0 Å². The SMILES string of the molecule is CC(C)(CNc1cncc(Cl)n1)c1cccs1. The molecule has 1 N–H and O–H groups in total. The first kappa shape index (κ1) is 12.3. The Morgan fingerprint density at radius 1 is 1.41 bits per heavy atom. The Morgan fingerprint density at radius 3 is 2.88 bits per heavy atom. The second kappa shape index (κ2) is 5.02. The van der Waals surface area contributed by atoms with Crippen LogP contribution in [0, 0.1) is 0 Å². The summed E-state index contributed by atoms with van der Waals surface area (Å²) in [5, 5.41) is 5.76. The summed E-state index contributed by atoms with van der Waals surface area (Å²) in [6, 6.07) is 4.22. The van der Waals surface area contributed by atoms with Crippen molar-refractivity contribution in [3.63, 3.8) is 0 Å². The van der Waals surface area contributed by atoms with Gasteiger partial charge in [0.2, 0.25) is 0 Å². The molecule has 0 radical (unpaired) electrons. The molecule has 0 spiro atoms. The molecule has 0 bridgehead atoms. The average Bonchev–Trinajstić information content (AvgIpc) is 2.81. The Balaban J connectivity index is 2.03. The third-order valence-corrected chi connectivity index (χ3v) is 3.92. The summed E-state index contributed by atoms with van der Waals surface area (Å²) in [6.45, 7) is 5.19. The first-order valence-corrected chi connectivity index (χ1v) is 6.59. The molecule has 0 amide bonds. The van der Waals surface area contributed by atoms with Crippen LogP contribution >= 0.6 is 22.9 Å². The van der Waals surface area contributed by atoms with E-state index in [1.807, 2.05) is 0 Å². The molecule has 2 heterocycles. The van der Waals surface area contributed by atoms with Crippen molar-refractivity contribution < 1.29 is 0 Å². The molecule has 3 nitrogen and oxygen atoms in total. The second-order valence-corrected chi connectivity index (χ2v) is 5.78. The van der Waals surface area contributed by atoms with Gasteiger partial charge in [-0.2, -0.15) is 0 Å². The molecular weight excluding hydrogens is 254 g/mol. The van der Waals surface area contributed by atoms with Crippen molar-refractivity contribution in [1.82, 2.24) is 9.97 Å². The number of nitrogens with one attached hydrogen (secondary N) is 1. The van der Waals surface area contributed by atoms with Crippen LogP contribution in [0.4, 0.5) is 5.82 Å². The number of aromatic nitrogens is 2. The Bertz CT molecular complexity index is 482. The lowest BCUT2D eigenvalue weighted by Gasteiger charge is -2.23. The molecule has 0 aliphatic carbocycles. The summed E-state index contributed by atoms with van der Waals surface area (Å²) < 4.78 is 0. The predicted octanol–water partition coefficient (Wildman–Crippen LogP) is 3.58. The van der Waals surface area contributed by atoms with Gasteiger partial charge in [0, 0.05) is 16.8 Å². The Kier molecular flexibility index (Phi) is 3.64. The third-order valence-electron chi connectivity index (χ3n) is 2.50. The van der Waals surface area contributed by atoms with Gasteiger partial charge >= 0.3 is 0 Å². The molecule has 0 saturated heterocycles. The Hall–Kier alpha value is -1.13. The summed E-state index contributed by atoms with van der Waals surface area (Å²) >= 11 is 7.55. The fourth-order valence-corrected chi connectivity index (χ4v) is 2.49. The van der Waals surface area contributed by atoms with E-state index in [1.165, 1.54) is 11.1 Å². The minimum atomic E-state index is 0.0676. The van der Waals surface area contributed by atoms with E-state index in [1.54, 1.807) is 17.5 Å². The molecule has 0 unspecified atom stereocenters. The molecule has 0 saturated carbocycles. The first-order chi connectivity index (χ1) is 8.08. The number of nitrogens with zero attached hydrogens (tertiary/aromatic N) is 2. The number of halogens is 1. The Labute approximate surface area is 110 Å². The largest absolute Gasteiger partial charge is 0.368 e. The number of anilines is 1. The zero-order valence-electron chi connectivity index (χ0n) is 9.77. The van der Waals surface area contributed by atoms with Crippen LogP contribution in [0.2, 0.25) is 5.15 Å². The molecule has 17 heavy (non-hydrogen) atoms. The van der Waals surface area contributed by atoms with Crippen LogP contribution in [0.1, 0.15) is 18.7 Å². The smallest absolute Gasteiger partial charge is 0.149 e. The topological polar surface area (TPSA) is 37.8 Å². The molecule has 5 heteroatoms. The van der Waals surface area contributed by atoms with Crippen molar-refractivity contribution in [3.05, 3.63) is 39.9 Å². The lowest BCUT2D eigenvalue weighted by molar-refractivity contribution is 0.568. The molecule has 0 aliphatic rings. The van der Waals surface area contributed by atoms with E-state index in [0.29, 0.717) is 11.0 Å². The van der Waals surface area contributed by atoms with E-state index >= 15 is 0 Å². The molecule has 0 fully saturated rings. The minimum absolute atomic E-state index is 0.0676. The highest BCUT2D eigenvalue weighted by molar-refractivity contribution is 7.10. The highest BCUT2D eigenvalue weighted by atomic mass is 35.5. The maximum absolute atomic E-state index is 5.78. The molecular formula is C12H14ClN3S. The molecule has 90 valence electrons. The first-order valence-electron chi connectivity index (χ1n) is 5.33. The summed E-state index contributed by atoms with van der Waals surface area (Å²) in [5.41, 5.74) is 0.0676.